The van der Waals surface area contributed by atoms with Gasteiger partial charge in [0.25, 0.3) is 0 Å². The molecule has 0 heteroatoms. The van der Waals surface area contributed by atoms with Gasteiger partial charge in [0.15, 0.2) is 0 Å². The molecule has 2 unspecified atom stereocenters. The Balaban J connectivity index is -0.000000113. The van der Waals surface area contributed by atoms with Crippen LogP contribution in [-0.2, 0) is 0 Å². The highest BCUT2D eigenvalue weighted by atomic mass is 14.2. The molecular formula is C46H104. The molecule has 0 N–H and O–H groups in total. The Kier molecular flexibility index (Phi) is 85.1. The zero-order valence-electron chi connectivity index (χ0n) is 36.4. The van der Waals surface area contributed by atoms with Crippen LogP contribution >= 0.6 is 0 Å². The summed E-state index contributed by atoms with van der Waals surface area (Å²) in [4.78, 5) is 0. The molecule has 0 amide bonds. The van der Waals surface area contributed by atoms with E-state index in [1.54, 1.807) is 0 Å². The van der Waals surface area contributed by atoms with Crippen LogP contribution in [0.25, 0.3) is 0 Å². The summed E-state index contributed by atoms with van der Waals surface area (Å²) < 4.78 is 0. The highest BCUT2D eigenvalue weighted by Crippen LogP contribution is 2.24. The molecule has 0 nitrogen and oxygen atoms in total. The van der Waals surface area contributed by atoms with E-state index in [0.717, 1.165) is 11.8 Å². The number of rotatable bonds is 26. The van der Waals surface area contributed by atoms with Crippen LogP contribution in [0.3, 0.4) is 0 Å². The van der Waals surface area contributed by atoms with E-state index in [9.17, 15) is 0 Å². The smallest absolute Gasteiger partial charge is 0.0414 e. The minimum Gasteiger partial charge on any atom is -0.0654 e. The van der Waals surface area contributed by atoms with E-state index in [1.807, 2.05) is 0 Å². The summed E-state index contributed by atoms with van der Waals surface area (Å²) in [5.41, 5.74) is 0. The summed E-state index contributed by atoms with van der Waals surface area (Å²) in [5.74, 6) is 1.96. The van der Waals surface area contributed by atoms with Gasteiger partial charge in [0.1, 0.15) is 0 Å². The first kappa shape index (κ1) is 58.2. The average molecular weight is 657 g/mol. The Morgan fingerprint density at radius 2 is 0.500 bits per heavy atom. The van der Waals surface area contributed by atoms with Crippen molar-refractivity contribution in [2.45, 2.75) is 290 Å². The van der Waals surface area contributed by atoms with Gasteiger partial charge in [0.2, 0.25) is 0 Å². The van der Waals surface area contributed by atoms with E-state index in [-0.39, 0.29) is 0 Å². The molecule has 0 aromatic heterocycles. The second kappa shape index (κ2) is 67.2. The van der Waals surface area contributed by atoms with Crippen molar-refractivity contribution in [1.82, 2.24) is 0 Å². The Labute approximate surface area is 300 Å². The molecule has 288 valence electrons. The zero-order valence-corrected chi connectivity index (χ0v) is 36.4. The zero-order chi connectivity index (χ0) is 36.4. The Hall–Kier alpha value is 0. The molecule has 0 radical (unpaired) electrons. The highest BCUT2D eigenvalue weighted by Gasteiger charge is 2.11. The van der Waals surface area contributed by atoms with Crippen molar-refractivity contribution >= 4 is 0 Å². The van der Waals surface area contributed by atoms with Gasteiger partial charge in [-0.25, -0.2) is 0 Å². The maximum Gasteiger partial charge on any atom is -0.0414 e. The summed E-state index contributed by atoms with van der Waals surface area (Å²) >= 11 is 0. The van der Waals surface area contributed by atoms with Crippen LogP contribution in [0.1, 0.15) is 290 Å². The monoisotopic (exact) mass is 657 g/mol. The minimum absolute atomic E-state index is 0.957. The highest BCUT2D eigenvalue weighted by molar-refractivity contribution is 4.63. The summed E-state index contributed by atoms with van der Waals surface area (Å²) in [6.07, 6.45) is 42.0. The number of unbranched alkanes of at least 4 members (excludes halogenated alkanes) is 19. The molecule has 0 bridgehead atoms. The topological polar surface area (TPSA) is 0 Å². The first-order valence-electron chi connectivity index (χ1n) is 22.3. The van der Waals surface area contributed by atoms with E-state index in [1.165, 1.54) is 193 Å². The maximum atomic E-state index is 2.46. The Morgan fingerprint density at radius 1 is 0.261 bits per heavy atom. The molecule has 2 atom stereocenters. The lowest BCUT2D eigenvalue weighted by molar-refractivity contribution is 0.332. The van der Waals surface area contributed by atoms with Gasteiger partial charge in [0.05, 0.1) is 0 Å². The van der Waals surface area contributed by atoms with Gasteiger partial charge in [-0.1, -0.05) is 283 Å². The fourth-order valence-electron chi connectivity index (χ4n) is 5.13. The van der Waals surface area contributed by atoms with E-state index < -0.39 is 0 Å². The molecule has 0 aliphatic carbocycles. The van der Waals surface area contributed by atoms with Crippen molar-refractivity contribution in [3.05, 3.63) is 0 Å². The van der Waals surface area contributed by atoms with Crippen LogP contribution in [0.4, 0.5) is 0 Å². The van der Waals surface area contributed by atoms with E-state index in [2.05, 4.69) is 96.9 Å². The van der Waals surface area contributed by atoms with Gasteiger partial charge in [-0.3, -0.25) is 0 Å². The molecule has 0 aliphatic rings. The molecule has 0 saturated carbocycles. The second-order valence-corrected chi connectivity index (χ2v) is 14.1. The van der Waals surface area contributed by atoms with Gasteiger partial charge >= 0.3 is 0 Å². The molecule has 0 aromatic carbocycles. The largest absolute Gasteiger partial charge is 0.0654 e. The molecule has 46 heavy (non-hydrogen) atoms. The molecular weight excluding hydrogens is 553 g/mol. The van der Waals surface area contributed by atoms with Crippen molar-refractivity contribution in [2.75, 3.05) is 0 Å². The van der Waals surface area contributed by atoms with Gasteiger partial charge in [-0.15, -0.1) is 0 Å². The van der Waals surface area contributed by atoms with Crippen LogP contribution in [0.2, 0.25) is 0 Å². The van der Waals surface area contributed by atoms with Crippen LogP contribution in [-0.4, -0.2) is 0 Å². The predicted octanol–water partition coefficient (Wildman–Crippen LogP) is 19.1. The van der Waals surface area contributed by atoms with Gasteiger partial charge < -0.3 is 0 Å². The van der Waals surface area contributed by atoms with Crippen LogP contribution in [0.15, 0.2) is 0 Å². The van der Waals surface area contributed by atoms with Gasteiger partial charge in [-0.05, 0) is 18.3 Å². The summed E-state index contributed by atoms with van der Waals surface area (Å²) in [6, 6.07) is 0. The quantitative estimate of drug-likeness (QED) is 0.0813. The SMILES string of the molecule is CCCCC.CCCCCC.CCCCCC.CCCCCC.CCCCCC(C)CC(CC)CCCCC.CCCCCCC. The summed E-state index contributed by atoms with van der Waals surface area (Å²) in [6.45, 7) is 31.7. The van der Waals surface area contributed by atoms with Crippen molar-refractivity contribution < 1.29 is 0 Å². The normalized spacial score (nSPS) is 11.1. The third-order valence-corrected chi connectivity index (χ3v) is 8.61. The van der Waals surface area contributed by atoms with Crippen molar-refractivity contribution in [1.29, 1.82) is 0 Å². The van der Waals surface area contributed by atoms with Crippen molar-refractivity contribution in [3.63, 3.8) is 0 Å². The van der Waals surface area contributed by atoms with Gasteiger partial charge in [-0.2, -0.15) is 0 Å². The van der Waals surface area contributed by atoms with Crippen LogP contribution in [0, 0.1) is 11.8 Å². The molecule has 0 heterocycles. The first-order valence-corrected chi connectivity index (χ1v) is 22.3. The Bertz CT molecular complexity index is 335. The molecule has 0 spiro atoms. The van der Waals surface area contributed by atoms with E-state index in [4.69, 9.17) is 0 Å². The average Bonchev–Trinajstić information content (AvgIpc) is 3.07. The summed E-state index contributed by atoms with van der Waals surface area (Å²) in [7, 11) is 0. The fraction of sp³-hybridized carbons (Fsp3) is 1.00. The van der Waals surface area contributed by atoms with E-state index in [0.29, 0.717) is 0 Å². The third-order valence-electron chi connectivity index (χ3n) is 8.61. The van der Waals surface area contributed by atoms with Crippen LogP contribution < -0.4 is 0 Å². The van der Waals surface area contributed by atoms with Gasteiger partial charge in [0, 0.05) is 0 Å². The maximum absolute atomic E-state index is 2.46. The molecule has 0 rings (SSSR count). The lowest BCUT2D eigenvalue weighted by atomic mass is 9.87. The molecule has 0 fully saturated rings. The minimum atomic E-state index is 0.957. The first-order chi connectivity index (χ1) is 22.3. The second-order valence-electron chi connectivity index (χ2n) is 14.1. The van der Waals surface area contributed by atoms with Crippen molar-refractivity contribution in [2.24, 2.45) is 11.8 Å². The molecule has 0 saturated heterocycles. The predicted molar refractivity (Wildman–Crippen MR) is 225 cm³/mol. The summed E-state index contributed by atoms with van der Waals surface area (Å²) in [5, 5.41) is 0. The lowest BCUT2D eigenvalue weighted by Crippen LogP contribution is -2.06. The molecule has 0 aliphatic heterocycles. The standard InChI is InChI=1S/C16H34.C7H16.3C6H14.C5H12/c1-5-8-10-12-15(4)14-16(7-3)13-11-9-6-2;1-3-5-7-6-4-2;3*1-3-5-6-4-2;1-3-5-4-2/h15-16H,5-14H2,1-4H3;3-7H2,1-2H3;3*3-6H2,1-2H3;3-5H2,1-2H3. The third kappa shape index (κ3) is 84.7. The Morgan fingerprint density at radius 3 is 0.739 bits per heavy atom. The van der Waals surface area contributed by atoms with Crippen molar-refractivity contribution in [3.8, 4) is 0 Å². The fourth-order valence-corrected chi connectivity index (χ4v) is 5.13. The number of hydrogen-bond acceptors (Lipinski definition) is 0. The lowest BCUT2D eigenvalue weighted by Gasteiger charge is -2.19. The van der Waals surface area contributed by atoms with E-state index >= 15 is 0 Å². The molecule has 0 aromatic rings. The van der Waals surface area contributed by atoms with Crippen LogP contribution in [0.5, 0.6) is 0 Å². The number of hydrogen-bond donors (Lipinski definition) is 0.